The molecule has 3 unspecified atom stereocenters. The van der Waals surface area contributed by atoms with E-state index in [2.05, 4.69) is 29.6 Å². The van der Waals surface area contributed by atoms with Gasteiger partial charge in [0, 0.05) is 12.1 Å². The Labute approximate surface area is 109 Å². The molecule has 0 aliphatic heterocycles. The lowest BCUT2D eigenvalue weighted by Gasteiger charge is -2.35. The van der Waals surface area contributed by atoms with Crippen LogP contribution in [0.3, 0.4) is 0 Å². The number of hydrogen-bond donors (Lipinski definition) is 2. The van der Waals surface area contributed by atoms with E-state index in [0.29, 0.717) is 12.1 Å². The van der Waals surface area contributed by atoms with Crippen LogP contribution in [-0.2, 0) is 6.42 Å². The van der Waals surface area contributed by atoms with Gasteiger partial charge in [-0.25, -0.2) is 0 Å². The van der Waals surface area contributed by atoms with E-state index in [-0.39, 0.29) is 6.10 Å². The second-order valence-electron chi connectivity index (χ2n) is 5.77. The Morgan fingerprint density at radius 1 is 1.00 bits per heavy atom. The number of hydrogen-bond acceptors (Lipinski definition) is 2. The number of fused-ring (bicyclic) bond motifs is 1. The van der Waals surface area contributed by atoms with E-state index in [1.54, 1.807) is 0 Å². The van der Waals surface area contributed by atoms with Gasteiger partial charge in [0.15, 0.2) is 0 Å². The lowest BCUT2D eigenvalue weighted by Crippen LogP contribution is -2.44. The SMILES string of the molecule is OC1CCCCC1NC1CCCc2ccccc21. The van der Waals surface area contributed by atoms with Gasteiger partial charge in [0.25, 0.3) is 0 Å². The number of nitrogens with one attached hydrogen (secondary N) is 1. The van der Waals surface area contributed by atoms with E-state index >= 15 is 0 Å². The zero-order valence-electron chi connectivity index (χ0n) is 10.9. The van der Waals surface area contributed by atoms with Crippen molar-refractivity contribution in [2.75, 3.05) is 0 Å². The molecule has 98 valence electrons. The van der Waals surface area contributed by atoms with Crippen LogP contribution in [0.5, 0.6) is 0 Å². The van der Waals surface area contributed by atoms with Crippen molar-refractivity contribution in [2.24, 2.45) is 0 Å². The van der Waals surface area contributed by atoms with E-state index in [1.807, 2.05) is 0 Å². The highest BCUT2D eigenvalue weighted by Crippen LogP contribution is 2.31. The maximum Gasteiger partial charge on any atom is 0.0693 e. The summed E-state index contributed by atoms with van der Waals surface area (Å²) in [5.41, 5.74) is 2.95. The van der Waals surface area contributed by atoms with E-state index in [4.69, 9.17) is 0 Å². The molecule has 0 bridgehead atoms. The van der Waals surface area contributed by atoms with Gasteiger partial charge < -0.3 is 10.4 Å². The molecule has 2 aliphatic carbocycles. The van der Waals surface area contributed by atoms with E-state index in [1.165, 1.54) is 43.2 Å². The van der Waals surface area contributed by atoms with E-state index in [9.17, 15) is 5.11 Å². The highest BCUT2D eigenvalue weighted by molar-refractivity contribution is 5.32. The monoisotopic (exact) mass is 245 g/mol. The molecule has 2 aliphatic rings. The first-order chi connectivity index (χ1) is 8.84. The first-order valence-corrected chi connectivity index (χ1v) is 7.36. The Morgan fingerprint density at radius 3 is 2.72 bits per heavy atom. The minimum Gasteiger partial charge on any atom is -0.392 e. The lowest BCUT2D eigenvalue weighted by molar-refractivity contribution is 0.0834. The third-order valence-corrected chi connectivity index (χ3v) is 4.51. The quantitative estimate of drug-likeness (QED) is 0.839. The molecule has 2 N–H and O–H groups in total. The minimum absolute atomic E-state index is 0.146. The van der Waals surface area contributed by atoms with Gasteiger partial charge in [0.05, 0.1) is 6.10 Å². The maximum absolute atomic E-state index is 10.1. The molecule has 18 heavy (non-hydrogen) atoms. The Hall–Kier alpha value is -0.860. The van der Waals surface area contributed by atoms with Crippen LogP contribution in [0.1, 0.15) is 55.7 Å². The Balaban J connectivity index is 1.73. The van der Waals surface area contributed by atoms with Crippen molar-refractivity contribution in [1.29, 1.82) is 0 Å². The van der Waals surface area contributed by atoms with Crippen molar-refractivity contribution in [3.8, 4) is 0 Å². The van der Waals surface area contributed by atoms with Crippen molar-refractivity contribution >= 4 is 0 Å². The molecule has 0 amide bonds. The predicted octanol–water partition coefficient (Wildman–Crippen LogP) is 2.96. The third kappa shape index (κ3) is 2.45. The van der Waals surface area contributed by atoms with Gasteiger partial charge in [-0.2, -0.15) is 0 Å². The first-order valence-electron chi connectivity index (χ1n) is 7.36. The molecule has 1 fully saturated rings. The number of aliphatic hydroxyl groups excluding tert-OH is 1. The van der Waals surface area contributed by atoms with E-state index in [0.717, 1.165) is 12.8 Å². The molecule has 0 heterocycles. The minimum atomic E-state index is -0.146. The molecular weight excluding hydrogens is 222 g/mol. The standard InChI is InChI=1S/C16H23NO/c18-16-11-4-3-9-15(16)17-14-10-5-7-12-6-1-2-8-13(12)14/h1-2,6,8,14-18H,3-5,7,9-11H2. The van der Waals surface area contributed by atoms with Crippen molar-refractivity contribution < 1.29 is 5.11 Å². The number of aryl methyl sites for hydroxylation is 1. The predicted molar refractivity (Wildman–Crippen MR) is 73.5 cm³/mol. The molecule has 0 radical (unpaired) electrons. The lowest BCUT2D eigenvalue weighted by atomic mass is 9.85. The van der Waals surface area contributed by atoms with Gasteiger partial charge in [-0.1, -0.05) is 37.1 Å². The normalized spacial score (nSPS) is 31.9. The molecule has 3 atom stereocenters. The summed E-state index contributed by atoms with van der Waals surface area (Å²) in [6, 6.07) is 9.52. The van der Waals surface area contributed by atoms with Crippen molar-refractivity contribution in [3.63, 3.8) is 0 Å². The summed E-state index contributed by atoms with van der Waals surface area (Å²) in [5.74, 6) is 0. The molecule has 1 aromatic carbocycles. The van der Waals surface area contributed by atoms with Crippen LogP contribution in [0.2, 0.25) is 0 Å². The smallest absolute Gasteiger partial charge is 0.0693 e. The summed E-state index contributed by atoms with van der Waals surface area (Å²) < 4.78 is 0. The Morgan fingerprint density at radius 2 is 1.83 bits per heavy atom. The molecule has 0 spiro atoms. The maximum atomic E-state index is 10.1. The van der Waals surface area contributed by atoms with Gasteiger partial charge in [-0.3, -0.25) is 0 Å². The average molecular weight is 245 g/mol. The molecule has 2 heteroatoms. The van der Waals surface area contributed by atoms with Gasteiger partial charge in [-0.15, -0.1) is 0 Å². The zero-order chi connectivity index (χ0) is 12.4. The fraction of sp³-hybridized carbons (Fsp3) is 0.625. The van der Waals surface area contributed by atoms with Gasteiger partial charge in [0.1, 0.15) is 0 Å². The van der Waals surface area contributed by atoms with Crippen LogP contribution < -0.4 is 5.32 Å². The Kier molecular flexibility index (Phi) is 3.67. The summed E-state index contributed by atoms with van der Waals surface area (Å²) in [6.07, 6.45) is 8.06. The zero-order valence-corrected chi connectivity index (χ0v) is 10.9. The van der Waals surface area contributed by atoms with Crippen LogP contribution >= 0.6 is 0 Å². The van der Waals surface area contributed by atoms with Crippen molar-refractivity contribution in [2.45, 2.75) is 63.1 Å². The van der Waals surface area contributed by atoms with Gasteiger partial charge in [0.2, 0.25) is 0 Å². The third-order valence-electron chi connectivity index (χ3n) is 4.51. The summed E-state index contributed by atoms with van der Waals surface area (Å²) in [7, 11) is 0. The number of aliphatic hydroxyl groups is 1. The number of benzene rings is 1. The van der Waals surface area contributed by atoms with Crippen LogP contribution in [0, 0.1) is 0 Å². The summed E-state index contributed by atoms with van der Waals surface area (Å²) in [5, 5.41) is 13.8. The molecule has 1 saturated carbocycles. The highest BCUT2D eigenvalue weighted by Gasteiger charge is 2.27. The molecular formula is C16H23NO. The highest BCUT2D eigenvalue weighted by atomic mass is 16.3. The fourth-order valence-electron chi connectivity index (χ4n) is 3.49. The second-order valence-corrected chi connectivity index (χ2v) is 5.77. The molecule has 2 nitrogen and oxygen atoms in total. The number of rotatable bonds is 2. The summed E-state index contributed by atoms with van der Waals surface area (Å²) in [6.45, 7) is 0. The summed E-state index contributed by atoms with van der Waals surface area (Å²) in [4.78, 5) is 0. The van der Waals surface area contributed by atoms with Crippen molar-refractivity contribution in [3.05, 3.63) is 35.4 Å². The van der Waals surface area contributed by atoms with Crippen LogP contribution in [0.15, 0.2) is 24.3 Å². The van der Waals surface area contributed by atoms with Crippen molar-refractivity contribution in [1.82, 2.24) is 5.32 Å². The average Bonchev–Trinajstić information content (AvgIpc) is 2.42. The fourth-order valence-corrected chi connectivity index (χ4v) is 3.49. The van der Waals surface area contributed by atoms with Crippen LogP contribution in [0.4, 0.5) is 0 Å². The topological polar surface area (TPSA) is 32.3 Å². The summed E-state index contributed by atoms with van der Waals surface area (Å²) >= 11 is 0. The van der Waals surface area contributed by atoms with Crippen LogP contribution in [0.25, 0.3) is 0 Å². The molecule has 0 saturated heterocycles. The first kappa shape index (κ1) is 12.2. The molecule has 0 aromatic heterocycles. The van der Waals surface area contributed by atoms with Crippen LogP contribution in [-0.4, -0.2) is 17.3 Å². The largest absolute Gasteiger partial charge is 0.392 e. The van der Waals surface area contributed by atoms with Gasteiger partial charge >= 0.3 is 0 Å². The Bertz CT molecular complexity index is 404. The van der Waals surface area contributed by atoms with Gasteiger partial charge in [-0.05, 0) is 43.2 Å². The van der Waals surface area contributed by atoms with E-state index < -0.39 is 0 Å². The molecule has 3 rings (SSSR count). The molecule has 1 aromatic rings. The second kappa shape index (κ2) is 5.41.